The molecular formula is C17H19N3. The van der Waals surface area contributed by atoms with E-state index in [9.17, 15) is 0 Å². The van der Waals surface area contributed by atoms with Gasteiger partial charge in [-0.1, -0.05) is 18.2 Å². The fourth-order valence-electron chi connectivity index (χ4n) is 2.55. The van der Waals surface area contributed by atoms with Crippen LogP contribution in [0.15, 0.2) is 55.0 Å². The van der Waals surface area contributed by atoms with Gasteiger partial charge in [-0.3, -0.25) is 4.98 Å². The van der Waals surface area contributed by atoms with Gasteiger partial charge in [-0.2, -0.15) is 0 Å². The summed E-state index contributed by atoms with van der Waals surface area (Å²) >= 11 is 0. The van der Waals surface area contributed by atoms with Gasteiger partial charge in [0.25, 0.3) is 0 Å². The van der Waals surface area contributed by atoms with Crippen LogP contribution in [0.4, 0.5) is 0 Å². The molecule has 20 heavy (non-hydrogen) atoms. The quantitative estimate of drug-likeness (QED) is 0.788. The van der Waals surface area contributed by atoms with Gasteiger partial charge in [0.2, 0.25) is 0 Å². The minimum Gasteiger partial charge on any atom is -0.343 e. The minimum atomic E-state index is 0.189. The third kappa shape index (κ3) is 2.73. The Labute approximate surface area is 119 Å². The molecule has 1 atom stereocenters. The number of pyridine rings is 1. The second kappa shape index (κ2) is 5.47. The van der Waals surface area contributed by atoms with E-state index < -0.39 is 0 Å². The van der Waals surface area contributed by atoms with Gasteiger partial charge in [-0.05, 0) is 48.1 Å². The minimum absolute atomic E-state index is 0.189. The molecule has 0 amide bonds. The van der Waals surface area contributed by atoms with E-state index in [0.29, 0.717) is 0 Å². The zero-order chi connectivity index (χ0) is 13.9. The van der Waals surface area contributed by atoms with E-state index in [4.69, 9.17) is 5.73 Å². The van der Waals surface area contributed by atoms with Crippen molar-refractivity contribution in [1.82, 2.24) is 9.55 Å². The number of rotatable bonds is 4. The van der Waals surface area contributed by atoms with Crippen LogP contribution in [-0.2, 0) is 13.0 Å². The Balaban J connectivity index is 1.94. The smallest absolute Gasteiger partial charge is 0.0491 e. The molecule has 0 aliphatic heterocycles. The van der Waals surface area contributed by atoms with Crippen molar-refractivity contribution >= 4 is 10.9 Å². The molecule has 0 radical (unpaired) electrons. The zero-order valence-electron chi connectivity index (χ0n) is 11.7. The standard InChI is InChI=1S/C17H19N3/c1-13(18)9-14-4-5-16-6-8-20(17(16)10-14)12-15-3-2-7-19-11-15/h2-8,10-11,13H,9,12,18H2,1H3. The van der Waals surface area contributed by atoms with Crippen LogP contribution in [0.5, 0.6) is 0 Å². The summed E-state index contributed by atoms with van der Waals surface area (Å²) in [6, 6.07) is 13.0. The van der Waals surface area contributed by atoms with Crippen LogP contribution < -0.4 is 5.73 Å². The van der Waals surface area contributed by atoms with Crippen molar-refractivity contribution in [2.45, 2.75) is 25.9 Å². The molecule has 0 fully saturated rings. The number of nitrogens with zero attached hydrogens (tertiary/aromatic N) is 2. The number of hydrogen-bond donors (Lipinski definition) is 1. The monoisotopic (exact) mass is 265 g/mol. The van der Waals surface area contributed by atoms with Crippen molar-refractivity contribution in [3.8, 4) is 0 Å². The van der Waals surface area contributed by atoms with Crippen LogP contribution in [0.2, 0.25) is 0 Å². The van der Waals surface area contributed by atoms with Gasteiger partial charge in [-0.15, -0.1) is 0 Å². The Hall–Kier alpha value is -2.13. The molecule has 0 saturated carbocycles. The van der Waals surface area contributed by atoms with Crippen molar-refractivity contribution in [3.05, 3.63) is 66.1 Å². The molecule has 1 aromatic carbocycles. The van der Waals surface area contributed by atoms with E-state index >= 15 is 0 Å². The van der Waals surface area contributed by atoms with Gasteiger partial charge in [0.05, 0.1) is 0 Å². The predicted molar refractivity (Wildman–Crippen MR) is 82.6 cm³/mol. The lowest BCUT2D eigenvalue weighted by molar-refractivity contribution is 0.738. The number of benzene rings is 1. The summed E-state index contributed by atoms with van der Waals surface area (Å²) in [5, 5.41) is 1.27. The molecule has 3 heteroatoms. The van der Waals surface area contributed by atoms with Crippen LogP contribution >= 0.6 is 0 Å². The van der Waals surface area contributed by atoms with Crippen LogP contribution in [0, 0.1) is 0 Å². The van der Waals surface area contributed by atoms with E-state index in [1.807, 2.05) is 19.2 Å². The molecular weight excluding hydrogens is 246 g/mol. The van der Waals surface area contributed by atoms with Crippen molar-refractivity contribution in [3.63, 3.8) is 0 Å². The van der Waals surface area contributed by atoms with Gasteiger partial charge in [0.1, 0.15) is 0 Å². The highest BCUT2D eigenvalue weighted by Gasteiger charge is 2.05. The largest absolute Gasteiger partial charge is 0.343 e. The van der Waals surface area contributed by atoms with Crippen molar-refractivity contribution in [1.29, 1.82) is 0 Å². The first-order valence-corrected chi connectivity index (χ1v) is 6.94. The lowest BCUT2D eigenvalue weighted by Gasteiger charge is -2.08. The highest BCUT2D eigenvalue weighted by atomic mass is 15.0. The molecule has 2 N–H and O–H groups in total. The van der Waals surface area contributed by atoms with E-state index in [1.54, 1.807) is 6.20 Å². The van der Waals surface area contributed by atoms with Crippen LogP contribution in [0.3, 0.4) is 0 Å². The average Bonchev–Trinajstić information content (AvgIpc) is 2.82. The second-order valence-corrected chi connectivity index (χ2v) is 5.38. The number of fused-ring (bicyclic) bond motifs is 1. The second-order valence-electron chi connectivity index (χ2n) is 5.38. The third-order valence-electron chi connectivity index (χ3n) is 3.47. The molecule has 3 aromatic rings. The van der Waals surface area contributed by atoms with Gasteiger partial charge in [0, 0.05) is 36.7 Å². The molecule has 3 nitrogen and oxygen atoms in total. The van der Waals surface area contributed by atoms with E-state index in [1.165, 1.54) is 22.0 Å². The Morgan fingerprint density at radius 3 is 2.85 bits per heavy atom. The number of aromatic nitrogens is 2. The number of hydrogen-bond acceptors (Lipinski definition) is 2. The zero-order valence-corrected chi connectivity index (χ0v) is 11.7. The van der Waals surface area contributed by atoms with Crippen LogP contribution in [0.25, 0.3) is 10.9 Å². The summed E-state index contributed by atoms with van der Waals surface area (Å²) < 4.78 is 2.26. The molecule has 1 unspecified atom stereocenters. The molecule has 2 aromatic heterocycles. The first-order valence-electron chi connectivity index (χ1n) is 6.94. The van der Waals surface area contributed by atoms with Crippen molar-refractivity contribution in [2.75, 3.05) is 0 Å². The number of nitrogens with two attached hydrogens (primary N) is 1. The molecule has 3 rings (SSSR count). The summed E-state index contributed by atoms with van der Waals surface area (Å²) in [4.78, 5) is 4.17. The Kier molecular flexibility index (Phi) is 3.52. The van der Waals surface area contributed by atoms with E-state index in [2.05, 4.69) is 46.1 Å². The first kappa shape index (κ1) is 12.9. The maximum Gasteiger partial charge on any atom is 0.0491 e. The van der Waals surface area contributed by atoms with Gasteiger partial charge >= 0.3 is 0 Å². The first-order chi connectivity index (χ1) is 9.72. The summed E-state index contributed by atoms with van der Waals surface area (Å²) in [5.41, 5.74) is 9.65. The molecule has 102 valence electrons. The van der Waals surface area contributed by atoms with Crippen LogP contribution in [0.1, 0.15) is 18.1 Å². The normalized spacial score (nSPS) is 12.7. The fourth-order valence-corrected chi connectivity index (χ4v) is 2.55. The molecule has 0 saturated heterocycles. The maximum absolute atomic E-state index is 5.89. The lowest BCUT2D eigenvalue weighted by atomic mass is 10.1. The molecule has 0 spiro atoms. The summed E-state index contributed by atoms with van der Waals surface area (Å²) in [5.74, 6) is 0. The SMILES string of the molecule is CC(N)Cc1ccc2ccn(Cc3cccnc3)c2c1. The van der Waals surface area contributed by atoms with Crippen molar-refractivity contribution in [2.24, 2.45) is 5.73 Å². The molecule has 0 aliphatic rings. The predicted octanol–water partition coefficient (Wildman–Crippen LogP) is 2.97. The maximum atomic E-state index is 5.89. The Morgan fingerprint density at radius 1 is 1.20 bits per heavy atom. The lowest BCUT2D eigenvalue weighted by Crippen LogP contribution is -2.17. The summed E-state index contributed by atoms with van der Waals surface area (Å²) in [7, 11) is 0. The van der Waals surface area contributed by atoms with Gasteiger partial charge in [0.15, 0.2) is 0 Å². The topological polar surface area (TPSA) is 43.8 Å². The van der Waals surface area contributed by atoms with E-state index in [-0.39, 0.29) is 6.04 Å². The summed E-state index contributed by atoms with van der Waals surface area (Å²) in [6.45, 7) is 2.89. The fraction of sp³-hybridized carbons (Fsp3) is 0.235. The average molecular weight is 265 g/mol. The van der Waals surface area contributed by atoms with Gasteiger partial charge < -0.3 is 10.3 Å². The van der Waals surface area contributed by atoms with Gasteiger partial charge in [-0.25, -0.2) is 0 Å². The van der Waals surface area contributed by atoms with Crippen LogP contribution in [-0.4, -0.2) is 15.6 Å². The molecule has 2 heterocycles. The van der Waals surface area contributed by atoms with E-state index in [0.717, 1.165) is 13.0 Å². The molecule has 0 bridgehead atoms. The highest BCUT2D eigenvalue weighted by Crippen LogP contribution is 2.19. The highest BCUT2D eigenvalue weighted by molar-refractivity contribution is 5.81. The van der Waals surface area contributed by atoms with Crippen molar-refractivity contribution < 1.29 is 0 Å². The Morgan fingerprint density at radius 2 is 2.10 bits per heavy atom. The Bertz CT molecular complexity index is 699. The summed E-state index contributed by atoms with van der Waals surface area (Å²) in [6.07, 6.45) is 6.76. The third-order valence-corrected chi connectivity index (χ3v) is 3.47. The molecule has 0 aliphatic carbocycles.